The fraction of sp³-hybridized carbons (Fsp3) is 0.111. The van der Waals surface area contributed by atoms with E-state index >= 15 is 0 Å². The molecule has 106 valence electrons. The molecule has 1 unspecified atom stereocenters. The molecule has 0 aliphatic heterocycles. The molecule has 3 heteroatoms. The predicted molar refractivity (Wildman–Crippen MR) is 82.7 cm³/mol. The molecule has 0 N–H and O–H groups in total. The van der Waals surface area contributed by atoms with Crippen molar-refractivity contribution in [3.05, 3.63) is 82.9 Å². The van der Waals surface area contributed by atoms with Crippen molar-refractivity contribution in [2.75, 3.05) is 0 Å². The second kappa shape index (κ2) is 5.45. The van der Waals surface area contributed by atoms with Crippen LogP contribution in [0.3, 0.4) is 0 Å². The van der Waals surface area contributed by atoms with E-state index < -0.39 is 17.0 Å². The van der Waals surface area contributed by atoms with Crippen LogP contribution >= 0.6 is 11.6 Å². The Labute approximate surface area is 127 Å². The zero-order valence-electron chi connectivity index (χ0n) is 11.4. The molecular weight excluding hydrogens is 290 g/mol. The standard InChI is InChI=1S/C18H13ClF2/c1-11-6-8-15(14-5-3-2-4-13(11)14)18(19)12-7-9-16(20)17(21)10-12/h2-10,18H,1H3. The highest BCUT2D eigenvalue weighted by atomic mass is 35.5. The summed E-state index contributed by atoms with van der Waals surface area (Å²) < 4.78 is 26.5. The number of fused-ring (bicyclic) bond motifs is 1. The monoisotopic (exact) mass is 302 g/mol. The van der Waals surface area contributed by atoms with Crippen molar-refractivity contribution in [1.82, 2.24) is 0 Å². The Hall–Kier alpha value is -1.93. The molecule has 0 aliphatic rings. The maximum atomic E-state index is 13.4. The third-order valence-corrected chi connectivity index (χ3v) is 4.17. The predicted octanol–water partition coefficient (Wildman–Crippen LogP) is 5.75. The molecule has 0 spiro atoms. The minimum atomic E-state index is -0.880. The summed E-state index contributed by atoms with van der Waals surface area (Å²) in [6.45, 7) is 2.03. The van der Waals surface area contributed by atoms with Gasteiger partial charge in [0.15, 0.2) is 11.6 Å². The normalized spacial score (nSPS) is 12.6. The largest absolute Gasteiger partial charge is 0.204 e. The number of aryl methyl sites for hydroxylation is 1. The molecule has 0 saturated heterocycles. The lowest BCUT2D eigenvalue weighted by Gasteiger charge is -2.15. The van der Waals surface area contributed by atoms with E-state index in [1.165, 1.54) is 6.07 Å². The Morgan fingerprint density at radius 1 is 0.857 bits per heavy atom. The SMILES string of the molecule is Cc1ccc(C(Cl)c2ccc(F)c(F)c2)c2ccccc12. The van der Waals surface area contributed by atoms with Gasteiger partial charge in [-0.2, -0.15) is 0 Å². The first-order valence-corrected chi connectivity index (χ1v) is 7.09. The molecule has 0 fully saturated rings. The first-order chi connectivity index (χ1) is 10.1. The molecule has 0 saturated carbocycles. The van der Waals surface area contributed by atoms with Crippen LogP contribution in [-0.4, -0.2) is 0 Å². The second-order valence-electron chi connectivity index (χ2n) is 5.05. The minimum absolute atomic E-state index is 0.523. The second-order valence-corrected chi connectivity index (χ2v) is 5.49. The highest BCUT2D eigenvalue weighted by Crippen LogP contribution is 2.35. The Morgan fingerprint density at radius 3 is 2.29 bits per heavy atom. The van der Waals surface area contributed by atoms with Gasteiger partial charge in [-0.05, 0) is 46.5 Å². The molecule has 0 aliphatic carbocycles. The maximum Gasteiger partial charge on any atom is 0.159 e. The molecule has 3 aromatic rings. The fourth-order valence-electron chi connectivity index (χ4n) is 2.54. The van der Waals surface area contributed by atoms with Crippen LogP contribution < -0.4 is 0 Å². The Bertz CT molecular complexity index is 811. The quantitative estimate of drug-likeness (QED) is 0.528. The minimum Gasteiger partial charge on any atom is -0.204 e. The van der Waals surface area contributed by atoms with Crippen molar-refractivity contribution in [2.45, 2.75) is 12.3 Å². The Balaban J connectivity index is 2.15. The van der Waals surface area contributed by atoms with E-state index in [2.05, 4.69) is 0 Å². The van der Waals surface area contributed by atoms with Gasteiger partial charge in [0.25, 0.3) is 0 Å². The van der Waals surface area contributed by atoms with E-state index in [1.54, 1.807) is 0 Å². The smallest absolute Gasteiger partial charge is 0.159 e. The van der Waals surface area contributed by atoms with E-state index in [9.17, 15) is 8.78 Å². The first kappa shape index (κ1) is 14.0. The van der Waals surface area contributed by atoms with Crippen molar-refractivity contribution >= 4 is 22.4 Å². The topological polar surface area (TPSA) is 0 Å². The van der Waals surface area contributed by atoms with Gasteiger partial charge < -0.3 is 0 Å². The maximum absolute atomic E-state index is 13.4. The molecule has 0 bridgehead atoms. The zero-order valence-corrected chi connectivity index (χ0v) is 12.2. The lowest BCUT2D eigenvalue weighted by molar-refractivity contribution is 0.507. The van der Waals surface area contributed by atoms with Crippen LogP contribution in [0.5, 0.6) is 0 Å². The summed E-state index contributed by atoms with van der Waals surface area (Å²) in [6.07, 6.45) is 0. The number of rotatable bonds is 2. The highest BCUT2D eigenvalue weighted by Gasteiger charge is 2.16. The molecular formula is C18H13ClF2. The summed E-state index contributed by atoms with van der Waals surface area (Å²) in [5, 5.41) is 1.62. The van der Waals surface area contributed by atoms with Crippen molar-refractivity contribution in [1.29, 1.82) is 0 Å². The van der Waals surface area contributed by atoms with E-state index in [0.717, 1.165) is 34.0 Å². The third kappa shape index (κ3) is 2.52. The third-order valence-electron chi connectivity index (χ3n) is 3.69. The van der Waals surface area contributed by atoms with Crippen molar-refractivity contribution < 1.29 is 8.78 Å². The molecule has 0 radical (unpaired) electrons. The molecule has 1 atom stereocenters. The van der Waals surface area contributed by atoms with Crippen LogP contribution in [0.2, 0.25) is 0 Å². The molecule has 3 aromatic carbocycles. The summed E-state index contributed by atoms with van der Waals surface area (Å²) in [5.41, 5.74) is 2.59. The van der Waals surface area contributed by atoms with Gasteiger partial charge in [-0.1, -0.05) is 42.5 Å². The van der Waals surface area contributed by atoms with Gasteiger partial charge in [-0.25, -0.2) is 8.78 Å². The van der Waals surface area contributed by atoms with E-state index in [4.69, 9.17) is 11.6 Å². The summed E-state index contributed by atoms with van der Waals surface area (Å²) in [5.74, 6) is -1.74. The number of hydrogen-bond acceptors (Lipinski definition) is 0. The number of benzene rings is 3. The summed E-state index contributed by atoms with van der Waals surface area (Å²) in [7, 11) is 0. The molecule has 3 rings (SSSR count). The average molecular weight is 303 g/mol. The van der Waals surface area contributed by atoms with Crippen molar-refractivity contribution in [2.24, 2.45) is 0 Å². The Kier molecular flexibility index (Phi) is 3.64. The number of alkyl halides is 1. The van der Waals surface area contributed by atoms with Crippen LogP contribution in [-0.2, 0) is 0 Å². The number of halogens is 3. The highest BCUT2D eigenvalue weighted by molar-refractivity contribution is 6.23. The van der Waals surface area contributed by atoms with E-state index in [-0.39, 0.29) is 0 Å². The lowest BCUT2D eigenvalue weighted by Crippen LogP contribution is -1.97. The van der Waals surface area contributed by atoms with Gasteiger partial charge in [-0.15, -0.1) is 11.6 Å². The lowest BCUT2D eigenvalue weighted by atomic mass is 9.95. The molecule has 0 aromatic heterocycles. The molecule has 0 amide bonds. The van der Waals surface area contributed by atoms with Gasteiger partial charge in [0.2, 0.25) is 0 Å². The van der Waals surface area contributed by atoms with Crippen LogP contribution in [0.1, 0.15) is 22.1 Å². The average Bonchev–Trinajstić information content (AvgIpc) is 2.50. The van der Waals surface area contributed by atoms with E-state index in [0.29, 0.717) is 5.56 Å². The van der Waals surface area contributed by atoms with Crippen LogP contribution in [0.15, 0.2) is 54.6 Å². The van der Waals surface area contributed by atoms with Gasteiger partial charge in [0.05, 0.1) is 5.38 Å². The summed E-state index contributed by atoms with van der Waals surface area (Å²) in [6, 6.07) is 15.7. The van der Waals surface area contributed by atoms with Crippen LogP contribution in [0.4, 0.5) is 8.78 Å². The van der Waals surface area contributed by atoms with Gasteiger partial charge >= 0.3 is 0 Å². The first-order valence-electron chi connectivity index (χ1n) is 6.65. The molecule has 21 heavy (non-hydrogen) atoms. The Morgan fingerprint density at radius 2 is 1.57 bits per heavy atom. The molecule has 0 nitrogen and oxygen atoms in total. The van der Waals surface area contributed by atoms with Crippen molar-refractivity contribution in [3.63, 3.8) is 0 Å². The van der Waals surface area contributed by atoms with Gasteiger partial charge in [-0.3, -0.25) is 0 Å². The summed E-state index contributed by atoms with van der Waals surface area (Å²) >= 11 is 6.50. The van der Waals surface area contributed by atoms with Gasteiger partial charge in [0, 0.05) is 0 Å². The van der Waals surface area contributed by atoms with Crippen molar-refractivity contribution in [3.8, 4) is 0 Å². The van der Waals surface area contributed by atoms with Crippen LogP contribution in [0.25, 0.3) is 10.8 Å². The van der Waals surface area contributed by atoms with Crippen LogP contribution in [0, 0.1) is 18.6 Å². The summed E-state index contributed by atoms with van der Waals surface area (Å²) in [4.78, 5) is 0. The van der Waals surface area contributed by atoms with Gasteiger partial charge in [0.1, 0.15) is 0 Å². The zero-order chi connectivity index (χ0) is 15.0. The fourth-order valence-corrected chi connectivity index (χ4v) is 2.87. The van der Waals surface area contributed by atoms with E-state index in [1.807, 2.05) is 43.3 Å². The number of hydrogen-bond donors (Lipinski definition) is 0. The molecule has 0 heterocycles.